The Hall–Kier alpha value is -1.62. The largest absolute Gasteiger partial charge is 0.481 e. The number of carboxylic acids is 1. The minimum atomic E-state index is -0.791. The fraction of sp³-hybridized carbons (Fsp3) is 0.231. The van der Waals surface area contributed by atoms with E-state index in [4.69, 9.17) is 5.11 Å². The molecule has 18 heavy (non-hydrogen) atoms. The number of benzene rings is 1. The van der Waals surface area contributed by atoms with Crippen molar-refractivity contribution in [1.82, 2.24) is 9.78 Å². The van der Waals surface area contributed by atoms with Crippen LogP contribution in [0.1, 0.15) is 12.0 Å². The average molecular weight is 309 g/mol. The normalized spacial score (nSPS) is 10.6. The number of hydrogen-bond donors (Lipinski definition) is 1. The zero-order valence-electron chi connectivity index (χ0n) is 9.93. The summed E-state index contributed by atoms with van der Waals surface area (Å²) >= 11 is 3.39. The highest BCUT2D eigenvalue weighted by Crippen LogP contribution is 2.24. The topological polar surface area (TPSA) is 55.1 Å². The molecule has 0 unspecified atom stereocenters. The van der Waals surface area contributed by atoms with Gasteiger partial charge in [-0.15, -0.1) is 0 Å². The van der Waals surface area contributed by atoms with E-state index < -0.39 is 5.97 Å². The first-order chi connectivity index (χ1) is 8.56. The van der Waals surface area contributed by atoms with E-state index in [0.717, 1.165) is 21.3 Å². The number of aliphatic carboxylic acids is 1. The average Bonchev–Trinajstić information content (AvgIpc) is 2.69. The molecule has 0 saturated carbocycles. The van der Waals surface area contributed by atoms with Crippen molar-refractivity contribution in [3.63, 3.8) is 0 Å². The lowest BCUT2D eigenvalue weighted by molar-refractivity contribution is -0.136. The minimum Gasteiger partial charge on any atom is -0.481 e. The lowest BCUT2D eigenvalue weighted by Gasteiger charge is -2.01. The summed E-state index contributed by atoms with van der Waals surface area (Å²) in [6.45, 7) is 0. The Morgan fingerprint density at radius 1 is 1.39 bits per heavy atom. The molecule has 0 radical (unpaired) electrons. The Labute approximate surface area is 113 Å². The molecule has 0 aliphatic carbocycles. The van der Waals surface area contributed by atoms with Crippen molar-refractivity contribution in [1.29, 1.82) is 0 Å². The maximum absolute atomic E-state index is 10.6. The molecule has 0 fully saturated rings. The third-order valence-corrected chi connectivity index (χ3v) is 3.16. The molecule has 0 aliphatic heterocycles. The van der Waals surface area contributed by atoms with Crippen LogP contribution >= 0.6 is 15.9 Å². The Balaban J connectivity index is 2.31. The lowest BCUT2D eigenvalue weighted by atomic mass is 10.0. The van der Waals surface area contributed by atoms with Gasteiger partial charge in [0, 0.05) is 29.7 Å². The number of aromatic nitrogens is 2. The number of hydrogen-bond acceptors (Lipinski definition) is 2. The Morgan fingerprint density at radius 2 is 2.06 bits per heavy atom. The second-order valence-corrected chi connectivity index (χ2v) is 4.99. The third kappa shape index (κ3) is 2.98. The maximum atomic E-state index is 10.6. The molecule has 0 spiro atoms. The van der Waals surface area contributed by atoms with Crippen molar-refractivity contribution in [2.45, 2.75) is 12.8 Å². The van der Waals surface area contributed by atoms with E-state index in [1.54, 1.807) is 4.68 Å². The van der Waals surface area contributed by atoms with Crippen LogP contribution in [0.5, 0.6) is 0 Å². The van der Waals surface area contributed by atoms with Crippen molar-refractivity contribution in [2.75, 3.05) is 0 Å². The number of nitrogens with zero attached hydrogens (tertiary/aromatic N) is 2. The molecule has 0 atom stereocenters. The smallest absolute Gasteiger partial charge is 0.303 e. The van der Waals surface area contributed by atoms with Gasteiger partial charge in [-0.1, -0.05) is 28.1 Å². The Bertz CT molecular complexity index is 561. The number of rotatable bonds is 4. The monoisotopic (exact) mass is 308 g/mol. The van der Waals surface area contributed by atoms with Crippen LogP contribution in [0.3, 0.4) is 0 Å². The van der Waals surface area contributed by atoms with Crippen LogP contribution in [0.25, 0.3) is 11.3 Å². The summed E-state index contributed by atoms with van der Waals surface area (Å²) in [5.74, 6) is -0.791. The highest BCUT2D eigenvalue weighted by molar-refractivity contribution is 9.10. The molecule has 2 rings (SSSR count). The van der Waals surface area contributed by atoms with Crippen LogP contribution in [0.2, 0.25) is 0 Å². The molecule has 2 aromatic rings. The van der Waals surface area contributed by atoms with Gasteiger partial charge in [0.05, 0.1) is 5.69 Å². The van der Waals surface area contributed by atoms with Gasteiger partial charge in [-0.05, 0) is 24.1 Å². The van der Waals surface area contributed by atoms with Gasteiger partial charge in [-0.25, -0.2) is 0 Å². The van der Waals surface area contributed by atoms with E-state index in [9.17, 15) is 4.79 Å². The summed E-state index contributed by atoms with van der Waals surface area (Å²) < 4.78 is 2.73. The molecule has 0 saturated heterocycles. The number of carbonyl (C=O) groups is 1. The summed E-state index contributed by atoms with van der Waals surface area (Å²) in [4.78, 5) is 10.6. The standard InChI is InChI=1S/C13H13BrN2O2/c1-16-8-10(4-7-12(17)18)13(15-16)9-2-5-11(14)6-3-9/h2-3,5-6,8H,4,7H2,1H3,(H,17,18). The van der Waals surface area contributed by atoms with Crippen LogP contribution in [-0.4, -0.2) is 20.9 Å². The fourth-order valence-corrected chi connectivity index (χ4v) is 2.08. The van der Waals surface area contributed by atoms with Crippen LogP contribution in [0.15, 0.2) is 34.9 Å². The molecule has 0 aliphatic rings. The van der Waals surface area contributed by atoms with Gasteiger partial charge in [-0.2, -0.15) is 5.10 Å². The van der Waals surface area contributed by atoms with Gasteiger partial charge >= 0.3 is 5.97 Å². The third-order valence-electron chi connectivity index (χ3n) is 2.63. The van der Waals surface area contributed by atoms with E-state index in [0.29, 0.717) is 6.42 Å². The molecule has 94 valence electrons. The van der Waals surface area contributed by atoms with Gasteiger partial charge in [0.25, 0.3) is 0 Å². The minimum absolute atomic E-state index is 0.120. The van der Waals surface area contributed by atoms with E-state index in [1.165, 1.54) is 0 Å². The fourth-order valence-electron chi connectivity index (χ4n) is 1.81. The second-order valence-electron chi connectivity index (χ2n) is 4.08. The molecule has 0 amide bonds. The van der Waals surface area contributed by atoms with E-state index >= 15 is 0 Å². The van der Waals surface area contributed by atoms with Crippen LogP contribution < -0.4 is 0 Å². The number of halogens is 1. The summed E-state index contributed by atoms with van der Waals surface area (Å²) in [5.41, 5.74) is 2.81. The summed E-state index contributed by atoms with van der Waals surface area (Å²) in [6, 6.07) is 7.84. The maximum Gasteiger partial charge on any atom is 0.303 e. The number of aryl methyl sites for hydroxylation is 2. The Morgan fingerprint density at radius 3 is 2.67 bits per heavy atom. The molecule has 1 N–H and O–H groups in total. The van der Waals surface area contributed by atoms with Gasteiger partial charge in [0.2, 0.25) is 0 Å². The van der Waals surface area contributed by atoms with Crippen molar-refractivity contribution < 1.29 is 9.90 Å². The van der Waals surface area contributed by atoms with Crippen LogP contribution in [0, 0.1) is 0 Å². The van der Waals surface area contributed by atoms with Gasteiger partial charge in [0.15, 0.2) is 0 Å². The van der Waals surface area contributed by atoms with E-state index in [2.05, 4.69) is 21.0 Å². The molecule has 5 heteroatoms. The first kappa shape index (κ1) is 12.8. The second kappa shape index (κ2) is 5.35. The lowest BCUT2D eigenvalue weighted by Crippen LogP contribution is -1.97. The van der Waals surface area contributed by atoms with Gasteiger partial charge < -0.3 is 5.11 Å². The molecular formula is C13H13BrN2O2. The molecule has 1 aromatic heterocycles. The first-order valence-electron chi connectivity index (χ1n) is 5.56. The van der Waals surface area contributed by atoms with Crippen molar-refractivity contribution in [2.24, 2.45) is 7.05 Å². The number of carboxylic acid groups (broad SMARTS) is 1. The predicted octanol–water partition coefficient (Wildman–Crippen LogP) is 2.87. The van der Waals surface area contributed by atoms with E-state index in [1.807, 2.05) is 37.5 Å². The van der Waals surface area contributed by atoms with Crippen molar-refractivity contribution in [3.05, 3.63) is 40.5 Å². The first-order valence-corrected chi connectivity index (χ1v) is 6.36. The summed E-state index contributed by atoms with van der Waals surface area (Å²) in [5, 5.41) is 13.1. The quantitative estimate of drug-likeness (QED) is 0.945. The van der Waals surface area contributed by atoms with Crippen molar-refractivity contribution >= 4 is 21.9 Å². The molecule has 1 heterocycles. The Kier molecular flexibility index (Phi) is 3.81. The molecule has 1 aromatic carbocycles. The zero-order valence-corrected chi connectivity index (χ0v) is 11.5. The van der Waals surface area contributed by atoms with Gasteiger partial charge in [0.1, 0.15) is 0 Å². The van der Waals surface area contributed by atoms with Crippen LogP contribution in [-0.2, 0) is 18.3 Å². The van der Waals surface area contributed by atoms with Crippen molar-refractivity contribution in [3.8, 4) is 11.3 Å². The molecule has 0 bridgehead atoms. The SMILES string of the molecule is Cn1cc(CCC(=O)O)c(-c2ccc(Br)cc2)n1. The zero-order chi connectivity index (χ0) is 13.1. The predicted molar refractivity (Wildman–Crippen MR) is 72.3 cm³/mol. The highest BCUT2D eigenvalue weighted by Gasteiger charge is 2.11. The molecular weight excluding hydrogens is 296 g/mol. The molecule has 4 nitrogen and oxygen atoms in total. The summed E-state index contributed by atoms with van der Waals surface area (Å²) in [7, 11) is 1.84. The van der Waals surface area contributed by atoms with Crippen LogP contribution in [0.4, 0.5) is 0 Å². The summed E-state index contributed by atoms with van der Waals surface area (Å²) in [6.07, 6.45) is 2.49. The van der Waals surface area contributed by atoms with Gasteiger partial charge in [-0.3, -0.25) is 9.48 Å². The van der Waals surface area contributed by atoms with E-state index in [-0.39, 0.29) is 6.42 Å². The highest BCUT2D eigenvalue weighted by atomic mass is 79.9.